The predicted octanol–water partition coefficient (Wildman–Crippen LogP) is 0.746. The highest BCUT2D eigenvalue weighted by atomic mass is 19.1. The monoisotopic (exact) mass is 140 g/mol. The highest BCUT2D eigenvalue weighted by Crippen LogP contribution is 2.40. The van der Waals surface area contributed by atoms with Crippen LogP contribution in [-0.4, -0.2) is 18.0 Å². The standard InChI is InChI=1S/C7H5FO2/c8-5-1-2-7(4-9)6(3-5)10-7/h1-4,6H. The Bertz CT molecular complexity index is 244. The molecule has 10 heavy (non-hydrogen) atoms. The molecule has 2 unspecified atom stereocenters. The Hall–Kier alpha value is -0.960. The third-order valence-corrected chi connectivity index (χ3v) is 1.72. The van der Waals surface area contributed by atoms with Crippen molar-refractivity contribution in [1.29, 1.82) is 0 Å². The zero-order chi connectivity index (χ0) is 7.19. The molecule has 1 heterocycles. The van der Waals surface area contributed by atoms with Gasteiger partial charge in [-0.25, -0.2) is 4.39 Å². The van der Waals surface area contributed by atoms with E-state index in [0.717, 1.165) is 0 Å². The van der Waals surface area contributed by atoms with Gasteiger partial charge in [0.1, 0.15) is 11.9 Å². The largest absolute Gasteiger partial charge is 0.349 e. The summed E-state index contributed by atoms with van der Waals surface area (Å²) in [5, 5.41) is 0. The fraction of sp³-hybridized carbons (Fsp3) is 0.286. The fourth-order valence-electron chi connectivity index (χ4n) is 1.03. The van der Waals surface area contributed by atoms with Gasteiger partial charge < -0.3 is 4.74 Å². The van der Waals surface area contributed by atoms with Crippen molar-refractivity contribution in [3.63, 3.8) is 0 Å². The molecule has 1 aliphatic heterocycles. The van der Waals surface area contributed by atoms with Gasteiger partial charge in [0.15, 0.2) is 11.9 Å². The van der Waals surface area contributed by atoms with Crippen LogP contribution in [0.15, 0.2) is 24.1 Å². The van der Waals surface area contributed by atoms with E-state index in [-0.39, 0.29) is 11.9 Å². The number of allylic oxidation sites excluding steroid dienone is 2. The van der Waals surface area contributed by atoms with Gasteiger partial charge in [-0.05, 0) is 18.2 Å². The highest BCUT2D eigenvalue weighted by Gasteiger charge is 2.55. The van der Waals surface area contributed by atoms with Crippen LogP contribution in [0.25, 0.3) is 0 Å². The molecule has 0 saturated carbocycles. The van der Waals surface area contributed by atoms with Crippen LogP contribution in [0, 0.1) is 0 Å². The van der Waals surface area contributed by atoms with Gasteiger partial charge in [0.2, 0.25) is 0 Å². The molecule has 0 aromatic carbocycles. The summed E-state index contributed by atoms with van der Waals surface area (Å²) in [6.45, 7) is 0. The second-order valence-electron chi connectivity index (χ2n) is 2.39. The summed E-state index contributed by atoms with van der Waals surface area (Å²) in [5.41, 5.74) is -0.810. The maximum atomic E-state index is 12.3. The predicted molar refractivity (Wildman–Crippen MR) is 32.0 cm³/mol. The number of halogens is 1. The Labute approximate surface area is 57.0 Å². The quantitative estimate of drug-likeness (QED) is 0.397. The van der Waals surface area contributed by atoms with Crippen molar-refractivity contribution in [3.8, 4) is 0 Å². The minimum Gasteiger partial charge on any atom is -0.349 e. The molecule has 2 aliphatic rings. The van der Waals surface area contributed by atoms with E-state index in [2.05, 4.69) is 0 Å². The first kappa shape index (κ1) is 5.80. The summed E-state index contributed by atoms with van der Waals surface area (Å²) in [6, 6.07) is 0. The zero-order valence-electron chi connectivity index (χ0n) is 5.08. The van der Waals surface area contributed by atoms with Gasteiger partial charge in [0.05, 0.1) is 0 Å². The van der Waals surface area contributed by atoms with Crippen LogP contribution in [0.1, 0.15) is 0 Å². The van der Waals surface area contributed by atoms with E-state index in [0.29, 0.717) is 6.29 Å². The average Bonchev–Trinajstić information content (AvgIpc) is 2.62. The topological polar surface area (TPSA) is 29.6 Å². The lowest BCUT2D eigenvalue weighted by molar-refractivity contribution is -0.110. The molecular weight excluding hydrogens is 135 g/mol. The Kier molecular flexibility index (Phi) is 0.898. The van der Waals surface area contributed by atoms with Crippen LogP contribution < -0.4 is 0 Å². The molecule has 2 nitrogen and oxygen atoms in total. The normalized spacial score (nSPS) is 42.1. The van der Waals surface area contributed by atoms with Crippen LogP contribution >= 0.6 is 0 Å². The summed E-state index contributed by atoms with van der Waals surface area (Å²) in [5.74, 6) is -0.333. The van der Waals surface area contributed by atoms with Gasteiger partial charge >= 0.3 is 0 Å². The van der Waals surface area contributed by atoms with Gasteiger partial charge in [0.25, 0.3) is 0 Å². The van der Waals surface area contributed by atoms with Crippen molar-refractivity contribution in [2.45, 2.75) is 11.7 Å². The molecule has 1 fully saturated rings. The Morgan fingerprint density at radius 2 is 2.60 bits per heavy atom. The molecule has 2 atom stereocenters. The summed E-state index contributed by atoms with van der Waals surface area (Å²) in [7, 11) is 0. The highest BCUT2D eigenvalue weighted by molar-refractivity contribution is 5.74. The number of hydrogen-bond donors (Lipinski definition) is 0. The number of ether oxygens (including phenoxy) is 1. The number of carbonyl (C=O) groups is 1. The number of rotatable bonds is 1. The first-order valence-electron chi connectivity index (χ1n) is 2.97. The molecule has 0 aromatic rings. The van der Waals surface area contributed by atoms with Gasteiger partial charge in [-0.3, -0.25) is 4.79 Å². The molecular formula is C7H5FO2. The number of carbonyl (C=O) groups excluding carboxylic acids is 1. The summed E-state index contributed by atoms with van der Waals surface area (Å²) in [4.78, 5) is 10.3. The van der Waals surface area contributed by atoms with E-state index in [1.165, 1.54) is 18.2 Å². The Balaban J connectivity index is 2.30. The van der Waals surface area contributed by atoms with Crippen LogP contribution in [-0.2, 0) is 9.53 Å². The number of aldehydes is 1. The van der Waals surface area contributed by atoms with E-state index < -0.39 is 5.60 Å². The molecule has 0 bridgehead atoms. The van der Waals surface area contributed by atoms with E-state index in [9.17, 15) is 9.18 Å². The molecule has 1 saturated heterocycles. The van der Waals surface area contributed by atoms with E-state index in [1.54, 1.807) is 0 Å². The Morgan fingerprint density at radius 3 is 3.20 bits per heavy atom. The SMILES string of the molecule is O=CC12C=CC(F)=CC1O2. The molecule has 0 amide bonds. The molecule has 0 radical (unpaired) electrons. The van der Waals surface area contributed by atoms with Crippen molar-refractivity contribution in [2.24, 2.45) is 0 Å². The molecule has 3 heteroatoms. The molecule has 1 aliphatic carbocycles. The van der Waals surface area contributed by atoms with Gasteiger partial charge in [-0.15, -0.1) is 0 Å². The second kappa shape index (κ2) is 1.55. The smallest absolute Gasteiger partial charge is 0.172 e. The van der Waals surface area contributed by atoms with Gasteiger partial charge in [-0.2, -0.15) is 0 Å². The average molecular weight is 140 g/mol. The minimum absolute atomic E-state index is 0.333. The van der Waals surface area contributed by atoms with Crippen molar-refractivity contribution in [1.82, 2.24) is 0 Å². The van der Waals surface area contributed by atoms with Crippen LogP contribution in [0.4, 0.5) is 4.39 Å². The first-order valence-corrected chi connectivity index (χ1v) is 2.97. The minimum atomic E-state index is -0.810. The summed E-state index contributed by atoms with van der Waals surface area (Å²) >= 11 is 0. The lowest BCUT2D eigenvalue weighted by atomic mass is 10.0. The van der Waals surface area contributed by atoms with Gasteiger partial charge in [-0.1, -0.05) is 0 Å². The van der Waals surface area contributed by atoms with Crippen molar-refractivity contribution in [2.75, 3.05) is 0 Å². The van der Waals surface area contributed by atoms with E-state index in [4.69, 9.17) is 4.74 Å². The molecule has 52 valence electrons. The molecule has 0 aromatic heterocycles. The van der Waals surface area contributed by atoms with Crippen molar-refractivity contribution in [3.05, 3.63) is 24.1 Å². The third-order valence-electron chi connectivity index (χ3n) is 1.72. The lowest BCUT2D eigenvalue weighted by Crippen LogP contribution is -2.14. The first-order chi connectivity index (χ1) is 4.77. The van der Waals surface area contributed by atoms with E-state index >= 15 is 0 Å². The lowest BCUT2D eigenvalue weighted by Gasteiger charge is -1.97. The maximum Gasteiger partial charge on any atom is 0.172 e. The van der Waals surface area contributed by atoms with Crippen molar-refractivity contribution < 1.29 is 13.9 Å². The zero-order valence-corrected chi connectivity index (χ0v) is 5.08. The number of epoxide rings is 1. The van der Waals surface area contributed by atoms with Crippen LogP contribution in [0.2, 0.25) is 0 Å². The molecule has 0 N–H and O–H groups in total. The fourth-order valence-corrected chi connectivity index (χ4v) is 1.03. The summed E-state index contributed by atoms with van der Waals surface area (Å²) < 4.78 is 17.3. The maximum absolute atomic E-state index is 12.3. The van der Waals surface area contributed by atoms with Gasteiger partial charge in [0, 0.05) is 0 Å². The summed E-state index contributed by atoms with van der Waals surface area (Å²) in [6.07, 6.45) is 4.33. The molecule has 0 spiro atoms. The third kappa shape index (κ3) is 0.580. The van der Waals surface area contributed by atoms with Crippen LogP contribution in [0.5, 0.6) is 0 Å². The number of hydrogen-bond acceptors (Lipinski definition) is 2. The molecule has 2 rings (SSSR count). The Morgan fingerprint density at radius 1 is 1.80 bits per heavy atom. The number of fused-ring (bicyclic) bond motifs is 1. The second-order valence-corrected chi connectivity index (χ2v) is 2.39. The van der Waals surface area contributed by atoms with Crippen molar-refractivity contribution >= 4 is 6.29 Å². The van der Waals surface area contributed by atoms with E-state index in [1.807, 2.05) is 0 Å². The van der Waals surface area contributed by atoms with Crippen LogP contribution in [0.3, 0.4) is 0 Å².